The van der Waals surface area contributed by atoms with E-state index in [1.54, 1.807) is 13.8 Å². The quantitative estimate of drug-likeness (QED) is 0.660. The minimum atomic E-state index is -1.36. The van der Waals surface area contributed by atoms with Crippen LogP contribution in [0.1, 0.15) is 31.7 Å². The van der Waals surface area contributed by atoms with Crippen LogP contribution < -0.4 is 0 Å². The van der Waals surface area contributed by atoms with Crippen LogP contribution in [-0.2, 0) is 4.79 Å². The fourth-order valence-electron chi connectivity index (χ4n) is 1.82. The minimum Gasteiger partial charge on any atom is -0.481 e. The summed E-state index contributed by atoms with van der Waals surface area (Å²) in [5.74, 6) is -5.23. The van der Waals surface area contributed by atoms with Gasteiger partial charge in [0.1, 0.15) is 11.6 Å². The zero-order valence-electron chi connectivity index (χ0n) is 10.4. The van der Waals surface area contributed by atoms with E-state index in [2.05, 4.69) is 0 Å². The van der Waals surface area contributed by atoms with Crippen LogP contribution in [-0.4, -0.2) is 16.0 Å². The molecule has 7 heteroatoms. The van der Waals surface area contributed by atoms with Crippen molar-refractivity contribution in [2.45, 2.75) is 26.2 Å². The number of rotatable bonds is 5. The number of aliphatic carboxylic acids is 1. The Morgan fingerprint density at radius 3 is 2.16 bits per heavy atom. The molecule has 1 rings (SSSR count). The molecule has 0 saturated carbocycles. The lowest BCUT2D eigenvalue weighted by Crippen LogP contribution is -2.17. The molecule has 0 aliphatic carbocycles. The average Bonchev–Trinajstić information content (AvgIpc) is 2.25. The number of hydrogen-bond acceptors (Lipinski definition) is 3. The Kier molecular flexibility index (Phi) is 4.52. The van der Waals surface area contributed by atoms with Gasteiger partial charge in [-0.3, -0.25) is 14.9 Å². The maximum Gasteiger partial charge on any atom is 0.311 e. The van der Waals surface area contributed by atoms with Crippen molar-refractivity contribution in [2.75, 3.05) is 0 Å². The second-order valence-corrected chi connectivity index (χ2v) is 4.60. The first-order chi connectivity index (χ1) is 8.73. The van der Waals surface area contributed by atoms with E-state index < -0.39 is 39.7 Å². The standard InChI is InChI=1S/C12H13F2NO4/c1-6(2)3-8(12(16)17)11-9(13)4-7(15(18)19)5-10(11)14/h4-6,8H,3H2,1-2H3,(H,16,17). The van der Waals surface area contributed by atoms with Crippen LogP contribution in [0, 0.1) is 27.7 Å². The minimum absolute atomic E-state index is 0.0426. The van der Waals surface area contributed by atoms with Crippen molar-refractivity contribution in [2.24, 2.45) is 5.92 Å². The van der Waals surface area contributed by atoms with Crippen LogP contribution in [0.2, 0.25) is 0 Å². The number of nitro benzene ring substituents is 1. The van der Waals surface area contributed by atoms with Gasteiger partial charge in [-0.2, -0.15) is 0 Å². The van der Waals surface area contributed by atoms with Crippen molar-refractivity contribution in [1.82, 2.24) is 0 Å². The molecular formula is C12H13F2NO4. The summed E-state index contributed by atoms with van der Waals surface area (Å²) in [6.07, 6.45) is 0.0426. The average molecular weight is 273 g/mol. The summed E-state index contributed by atoms with van der Waals surface area (Å²) >= 11 is 0. The van der Waals surface area contributed by atoms with Gasteiger partial charge in [0.2, 0.25) is 0 Å². The van der Waals surface area contributed by atoms with Crippen LogP contribution in [0.15, 0.2) is 12.1 Å². The van der Waals surface area contributed by atoms with Crippen LogP contribution in [0.25, 0.3) is 0 Å². The molecule has 0 spiro atoms. The maximum atomic E-state index is 13.7. The molecular weight excluding hydrogens is 260 g/mol. The van der Waals surface area contributed by atoms with E-state index in [0.29, 0.717) is 12.1 Å². The topological polar surface area (TPSA) is 80.4 Å². The summed E-state index contributed by atoms with van der Waals surface area (Å²) in [4.78, 5) is 20.6. The molecule has 0 heterocycles. The second-order valence-electron chi connectivity index (χ2n) is 4.60. The number of carboxylic acids is 1. The first kappa shape index (κ1) is 15.0. The normalized spacial score (nSPS) is 12.5. The van der Waals surface area contributed by atoms with Crippen molar-refractivity contribution in [1.29, 1.82) is 0 Å². The van der Waals surface area contributed by atoms with Gasteiger partial charge in [-0.1, -0.05) is 13.8 Å². The molecule has 1 aromatic rings. The Balaban J connectivity index is 3.31. The number of halogens is 2. The summed E-state index contributed by atoms with van der Waals surface area (Å²) in [5, 5.41) is 19.5. The molecule has 1 atom stereocenters. The Morgan fingerprint density at radius 1 is 1.37 bits per heavy atom. The predicted octanol–water partition coefficient (Wildman–Crippen LogP) is 3.09. The van der Waals surface area contributed by atoms with Gasteiger partial charge in [-0.15, -0.1) is 0 Å². The molecule has 0 amide bonds. The molecule has 0 bridgehead atoms. The molecule has 1 unspecified atom stereocenters. The molecule has 0 saturated heterocycles. The highest BCUT2D eigenvalue weighted by atomic mass is 19.1. The Bertz CT molecular complexity index is 493. The van der Waals surface area contributed by atoms with E-state index >= 15 is 0 Å². The van der Waals surface area contributed by atoms with Crippen LogP contribution in [0.5, 0.6) is 0 Å². The fourth-order valence-corrected chi connectivity index (χ4v) is 1.82. The molecule has 0 aliphatic heterocycles. The molecule has 0 aliphatic rings. The fraction of sp³-hybridized carbons (Fsp3) is 0.417. The third-order valence-corrected chi connectivity index (χ3v) is 2.63. The number of non-ortho nitro benzene ring substituents is 1. The zero-order chi connectivity index (χ0) is 14.7. The van der Waals surface area contributed by atoms with Crippen molar-refractivity contribution < 1.29 is 23.6 Å². The van der Waals surface area contributed by atoms with Gasteiger partial charge in [0.05, 0.1) is 23.0 Å². The van der Waals surface area contributed by atoms with Gasteiger partial charge in [0, 0.05) is 5.56 Å². The number of nitro groups is 1. The van der Waals surface area contributed by atoms with Gasteiger partial charge < -0.3 is 5.11 Å². The van der Waals surface area contributed by atoms with Crippen LogP contribution >= 0.6 is 0 Å². The van der Waals surface area contributed by atoms with Gasteiger partial charge in [-0.25, -0.2) is 8.78 Å². The van der Waals surface area contributed by atoms with Crippen molar-refractivity contribution in [3.8, 4) is 0 Å². The molecule has 19 heavy (non-hydrogen) atoms. The lowest BCUT2D eigenvalue weighted by Gasteiger charge is -2.16. The van der Waals surface area contributed by atoms with E-state index in [4.69, 9.17) is 5.11 Å². The number of hydrogen-bond donors (Lipinski definition) is 1. The molecule has 5 nitrogen and oxygen atoms in total. The second kappa shape index (κ2) is 5.73. The Hall–Kier alpha value is -2.05. The van der Waals surface area contributed by atoms with Crippen molar-refractivity contribution in [3.63, 3.8) is 0 Å². The number of carboxylic acid groups (broad SMARTS) is 1. The Morgan fingerprint density at radius 2 is 1.84 bits per heavy atom. The molecule has 0 fully saturated rings. The largest absolute Gasteiger partial charge is 0.481 e. The molecule has 1 N–H and O–H groups in total. The van der Waals surface area contributed by atoms with E-state index in [0.717, 1.165) is 0 Å². The predicted molar refractivity (Wildman–Crippen MR) is 62.8 cm³/mol. The number of nitrogens with zero attached hydrogens (tertiary/aromatic N) is 1. The zero-order valence-corrected chi connectivity index (χ0v) is 10.4. The summed E-state index contributed by atoms with van der Waals surface area (Å²) < 4.78 is 27.4. The third kappa shape index (κ3) is 3.46. The van der Waals surface area contributed by atoms with E-state index in [-0.39, 0.29) is 12.3 Å². The summed E-state index contributed by atoms with van der Waals surface area (Å²) in [7, 11) is 0. The van der Waals surface area contributed by atoms with E-state index in [9.17, 15) is 23.7 Å². The maximum absolute atomic E-state index is 13.7. The highest BCUT2D eigenvalue weighted by Gasteiger charge is 2.29. The molecule has 1 aromatic carbocycles. The SMILES string of the molecule is CC(C)CC(C(=O)O)c1c(F)cc([N+](=O)[O-])cc1F. The summed E-state index contributed by atoms with van der Waals surface area (Å²) in [6, 6.07) is 1.07. The highest BCUT2D eigenvalue weighted by Crippen LogP contribution is 2.31. The third-order valence-electron chi connectivity index (χ3n) is 2.63. The first-order valence-corrected chi connectivity index (χ1v) is 5.60. The highest BCUT2D eigenvalue weighted by molar-refractivity contribution is 5.76. The van der Waals surface area contributed by atoms with E-state index in [1.807, 2.05) is 0 Å². The van der Waals surface area contributed by atoms with Crippen molar-refractivity contribution >= 4 is 11.7 Å². The summed E-state index contributed by atoms with van der Waals surface area (Å²) in [5.41, 5.74) is -1.38. The molecule has 104 valence electrons. The monoisotopic (exact) mass is 273 g/mol. The van der Waals surface area contributed by atoms with Gasteiger partial charge in [-0.05, 0) is 12.3 Å². The smallest absolute Gasteiger partial charge is 0.311 e. The van der Waals surface area contributed by atoms with Crippen molar-refractivity contribution in [3.05, 3.63) is 39.4 Å². The van der Waals surface area contributed by atoms with Gasteiger partial charge in [0.25, 0.3) is 5.69 Å². The molecule has 0 radical (unpaired) electrons. The summed E-state index contributed by atoms with van der Waals surface area (Å²) in [6.45, 7) is 3.44. The number of benzene rings is 1. The lowest BCUT2D eigenvalue weighted by molar-refractivity contribution is -0.385. The lowest BCUT2D eigenvalue weighted by atomic mass is 9.89. The van der Waals surface area contributed by atoms with Gasteiger partial charge in [0.15, 0.2) is 0 Å². The first-order valence-electron chi connectivity index (χ1n) is 5.60. The number of carbonyl (C=O) groups is 1. The van der Waals surface area contributed by atoms with Crippen LogP contribution in [0.3, 0.4) is 0 Å². The van der Waals surface area contributed by atoms with E-state index in [1.165, 1.54) is 0 Å². The Labute approximate surface area is 108 Å². The van der Waals surface area contributed by atoms with Gasteiger partial charge >= 0.3 is 5.97 Å². The van der Waals surface area contributed by atoms with Crippen LogP contribution in [0.4, 0.5) is 14.5 Å². The molecule has 0 aromatic heterocycles.